The van der Waals surface area contributed by atoms with Crippen LogP contribution in [0.4, 0.5) is 0 Å². The molecule has 0 spiro atoms. The zero-order valence-corrected chi connectivity index (χ0v) is 16.1. The van der Waals surface area contributed by atoms with Crippen LogP contribution in [0.25, 0.3) is 0 Å². The molecule has 0 amide bonds. The minimum absolute atomic E-state index is 0.133. The first kappa shape index (κ1) is 19.6. The minimum Gasteiger partial charge on any atom is -0.490 e. The Morgan fingerprint density at radius 2 is 1.67 bits per heavy atom. The van der Waals surface area contributed by atoms with E-state index in [2.05, 4.69) is 0 Å². The van der Waals surface area contributed by atoms with Gasteiger partial charge in [0.25, 0.3) is 0 Å². The number of ether oxygens (including phenoxy) is 2. The lowest BCUT2D eigenvalue weighted by Gasteiger charge is -2.12. The largest absolute Gasteiger partial charge is 0.490 e. The summed E-state index contributed by atoms with van der Waals surface area (Å²) in [5.41, 5.74) is 1.07. The smallest absolute Gasteiger partial charge is 0.156 e. The van der Waals surface area contributed by atoms with Crippen LogP contribution in [0.2, 0.25) is 15.1 Å². The summed E-state index contributed by atoms with van der Waals surface area (Å²) in [7, 11) is 0. The summed E-state index contributed by atoms with van der Waals surface area (Å²) in [5.74, 6) is 0.914. The van der Waals surface area contributed by atoms with Gasteiger partial charge < -0.3 is 9.47 Å². The molecule has 24 heavy (non-hydrogen) atoms. The highest BCUT2D eigenvalue weighted by molar-refractivity contribution is 6.55. The van der Waals surface area contributed by atoms with E-state index in [0.717, 1.165) is 5.56 Å². The van der Waals surface area contributed by atoms with Gasteiger partial charge in [-0.05, 0) is 23.8 Å². The average molecular weight is 427 g/mol. The molecule has 2 rings (SSSR count). The first-order valence-corrected chi connectivity index (χ1v) is 8.85. The quantitative estimate of drug-likeness (QED) is 0.476. The molecule has 2 aromatic rings. The second-order valence-electron chi connectivity index (χ2n) is 4.75. The molecule has 0 bridgehead atoms. The maximum atomic E-state index is 6.21. The lowest BCUT2D eigenvalue weighted by Crippen LogP contribution is -2.03. The van der Waals surface area contributed by atoms with Crippen molar-refractivity contribution in [3.63, 3.8) is 0 Å². The van der Waals surface area contributed by atoms with Crippen LogP contribution in [0.3, 0.4) is 0 Å². The summed E-state index contributed by atoms with van der Waals surface area (Å²) in [6.07, 6.45) is 2.20. The van der Waals surface area contributed by atoms with Crippen molar-refractivity contribution >= 4 is 58.0 Å². The molecule has 0 unspecified atom stereocenters. The highest BCUT2D eigenvalue weighted by Crippen LogP contribution is 2.37. The molecular formula is C17H13Cl5O2. The van der Waals surface area contributed by atoms with E-state index in [-0.39, 0.29) is 11.1 Å². The van der Waals surface area contributed by atoms with Crippen LogP contribution >= 0.6 is 58.0 Å². The van der Waals surface area contributed by atoms with Crippen LogP contribution in [0, 0.1) is 0 Å². The van der Waals surface area contributed by atoms with E-state index >= 15 is 0 Å². The molecular weight excluding hydrogens is 413 g/mol. The molecule has 0 N–H and O–H groups in total. The summed E-state index contributed by atoms with van der Waals surface area (Å²) >= 11 is 29.4. The van der Waals surface area contributed by atoms with E-state index in [4.69, 9.17) is 67.5 Å². The molecule has 0 aliphatic rings. The van der Waals surface area contributed by atoms with Crippen molar-refractivity contribution in [3.05, 3.63) is 67.6 Å². The fourth-order valence-electron chi connectivity index (χ4n) is 1.92. The van der Waals surface area contributed by atoms with Gasteiger partial charge in [0.1, 0.15) is 16.8 Å². The molecule has 0 aliphatic heterocycles. The third-order valence-electron chi connectivity index (χ3n) is 2.99. The molecule has 0 atom stereocenters. The molecule has 128 valence electrons. The van der Waals surface area contributed by atoms with Crippen molar-refractivity contribution < 1.29 is 9.47 Å². The Morgan fingerprint density at radius 3 is 2.29 bits per heavy atom. The average Bonchev–Trinajstić information content (AvgIpc) is 2.50. The molecule has 0 fully saturated rings. The molecule has 0 radical (unpaired) electrons. The topological polar surface area (TPSA) is 18.5 Å². The standard InChI is InChI=1S/C17H13Cl5O2/c18-12-3-1-2-11(8-12)4-6-24-17-14(19)9-13(10-15(17)20)23-7-5-16(21)22/h1-3,5,8-10H,4,6-7H2. The number of rotatable bonds is 7. The maximum absolute atomic E-state index is 6.21. The van der Waals surface area contributed by atoms with Gasteiger partial charge in [0.2, 0.25) is 0 Å². The van der Waals surface area contributed by atoms with E-state index in [1.54, 1.807) is 12.1 Å². The molecule has 0 aliphatic carbocycles. The van der Waals surface area contributed by atoms with Crippen LogP contribution in [0.1, 0.15) is 5.56 Å². The van der Waals surface area contributed by atoms with Gasteiger partial charge in [-0.2, -0.15) is 0 Å². The predicted octanol–water partition coefficient (Wildman–Crippen LogP) is 6.97. The van der Waals surface area contributed by atoms with E-state index in [0.29, 0.717) is 39.6 Å². The summed E-state index contributed by atoms with van der Waals surface area (Å²) in [6, 6.07) is 10.8. The maximum Gasteiger partial charge on any atom is 0.156 e. The van der Waals surface area contributed by atoms with Crippen molar-refractivity contribution in [2.45, 2.75) is 6.42 Å². The number of hydrogen-bond donors (Lipinski definition) is 0. The van der Waals surface area contributed by atoms with Gasteiger partial charge in [-0.15, -0.1) is 0 Å². The SMILES string of the molecule is ClC(Cl)=CCOc1cc(Cl)c(OCCc2cccc(Cl)c2)c(Cl)c1. The summed E-state index contributed by atoms with van der Waals surface area (Å²) in [4.78, 5) is 0. The van der Waals surface area contributed by atoms with Gasteiger partial charge in [-0.1, -0.05) is 70.1 Å². The first-order chi connectivity index (χ1) is 11.5. The number of hydrogen-bond acceptors (Lipinski definition) is 2. The molecule has 7 heteroatoms. The Morgan fingerprint density at radius 1 is 0.958 bits per heavy atom. The molecule has 0 heterocycles. The highest BCUT2D eigenvalue weighted by atomic mass is 35.5. The van der Waals surface area contributed by atoms with Gasteiger partial charge in [-0.25, -0.2) is 0 Å². The molecule has 2 nitrogen and oxygen atoms in total. The zero-order chi connectivity index (χ0) is 17.5. The van der Waals surface area contributed by atoms with E-state index in [1.807, 2.05) is 24.3 Å². The Balaban J connectivity index is 1.96. The van der Waals surface area contributed by atoms with E-state index in [9.17, 15) is 0 Å². The van der Waals surface area contributed by atoms with Crippen LogP contribution < -0.4 is 9.47 Å². The van der Waals surface area contributed by atoms with Crippen LogP contribution in [0.15, 0.2) is 47.0 Å². The second-order valence-corrected chi connectivity index (χ2v) is 7.01. The minimum atomic E-state index is 0.133. The Bertz CT molecular complexity index is 704. The van der Waals surface area contributed by atoms with Crippen molar-refractivity contribution in [2.24, 2.45) is 0 Å². The molecule has 2 aromatic carbocycles. The van der Waals surface area contributed by atoms with Crippen molar-refractivity contribution in [1.29, 1.82) is 0 Å². The van der Waals surface area contributed by atoms with Gasteiger partial charge >= 0.3 is 0 Å². The summed E-state index contributed by atoms with van der Waals surface area (Å²) in [5, 5.41) is 1.42. The Hall–Kier alpha value is -0.770. The van der Waals surface area contributed by atoms with Crippen molar-refractivity contribution in [2.75, 3.05) is 13.2 Å². The number of halogens is 5. The van der Waals surface area contributed by atoms with Gasteiger partial charge in [0.05, 0.1) is 16.7 Å². The lowest BCUT2D eigenvalue weighted by molar-refractivity contribution is 0.320. The van der Waals surface area contributed by atoms with Crippen molar-refractivity contribution in [1.82, 2.24) is 0 Å². The summed E-state index contributed by atoms with van der Waals surface area (Å²) < 4.78 is 11.3. The first-order valence-electron chi connectivity index (χ1n) is 6.96. The predicted molar refractivity (Wildman–Crippen MR) is 102 cm³/mol. The summed E-state index contributed by atoms with van der Waals surface area (Å²) in [6.45, 7) is 0.633. The molecule has 0 aromatic heterocycles. The fraction of sp³-hybridized carbons (Fsp3) is 0.176. The van der Waals surface area contributed by atoms with Gasteiger partial charge in [0, 0.05) is 23.6 Å². The van der Waals surface area contributed by atoms with Crippen molar-refractivity contribution in [3.8, 4) is 11.5 Å². The van der Waals surface area contributed by atoms with Crippen LogP contribution in [0.5, 0.6) is 11.5 Å². The Labute approximate surface area is 165 Å². The normalized spacial score (nSPS) is 10.4. The zero-order valence-electron chi connectivity index (χ0n) is 12.4. The van der Waals surface area contributed by atoms with Gasteiger partial charge in [-0.3, -0.25) is 0 Å². The number of benzene rings is 2. The van der Waals surface area contributed by atoms with E-state index in [1.165, 1.54) is 6.08 Å². The van der Waals surface area contributed by atoms with Crippen LogP contribution in [-0.2, 0) is 6.42 Å². The third kappa shape index (κ3) is 6.27. The lowest BCUT2D eigenvalue weighted by atomic mass is 10.2. The fourth-order valence-corrected chi connectivity index (χ4v) is 2.84. The third-order valence-corrected chi connectivity index (χ3v) is 4.09. The van der Waals surface area contributed by atoms with Crippen LogP contribution in [-0.4, -0.2) is 13.2 Å². The van der Waals surface area contributed by atoms with E-state index < -0.39 is 0 Å². The Kier molecular flexibility index (Phi) is 7.86. The molecule has 0 saturated carbocycles. The molecule has 0 saturated heterocycles. The second kappa shape index (κ2) is 9.65. The van der Waals surface area contributed by atoms with Gasteiger partial charge in [0.15, 0.2) is 5.75 Å². The monoisotopic (exact) mass is 424 g/mol. The highest BCUT2D eigenvalue weighted by Gasteiger charge is 2.11.